The second-order valence-corrected chi connectivity index (χ2v) is 3.99. The van der Waals surface area contributed by atoms with Crippen LogP contribution in [0.3, 0.4) is 0 Å². The van der Waals surface area contributed by atoms with Crippen molar-refractivity contribution in [3.63, 3.8) is 0 Å². The predicted molar refractivity (Wildman–Crippen MR) is 68.5 cm³/mol. The third-order valence-electron chi connectivity index (χ3n) is 2.38. The van der Waals surface area contributed by atoms with Crippen LogP contribution < -0.4 is 0 Å². The maximum atomic E-state index is 10.2. The molecule has 0 aliphatic heterocycles. The van der Waals surface area contributed by atoms with Crippen LogP contribution in [0, 0.1) is 0 Å². The van der Waals surface area contributed by atoms with Gasteiger partial charge in [-0.3, -0.25) is 4.79 Å². The molecule has 0 amide bonds. The second kappa shape index (κ2) is 12.0. The monoisotopic (exact) mass is 224 g/mol. The summed E-state index contributed by atoms with van der Waals surface area (Å²) in [5, 5.41) is 8.41. The smallest absolute Gasteiger partial charge is 0.303 e. The van der Waals surface area contributed by atoms with E-state index >= 15 is 0 Å². The van der Waals surface area contributed by atoms with Crippen molar-refractivity contribution in [2.45, 2.75) is 58.3 Å². The minimum Gasteiger partial charge on any atom is -0.481 e. The highest BCUT2D eigenvalue weighted by Crippen LogP contribution is 2.05. The quantitative estimate of drug-likeness (QED) is 0.443. The molecule has 92 valence electrons. The lowest BCUT2D eigenvalue weighted by Gasteiger charge is -1.95. The summed E-state index contributed by atoms with van der Waals surface area (Å²) >= 11 is 0. The molecule has 0 fully saturated rings. The van der Waals surface area contributed by atoms with Gasteiger partial charge in [0.05, 0.1) is 0 Å². The van der Waals surface area contributed by atoms with E-state index in [2.05, 4.69) is 13.0 Å². The molecule has 0 rings (SSSR count). The van der Waals surface area contributed by atoms with Crippen LogP contribution in [-0.2, 0) is 4.79 Å². The van der Waals surface area contributed by atoms with Crippen molar-refractivity contribution in [3.8, 4) is 0 Å². The Morgan fingerprint density at radius 2 is 1.62 bits per heavy atom. The van der Waals surface area contributed by atoms with Crippen molar-refractivity contribution in [1.29, 1.82) is 0 Å². The van der Waals surface area contributed by atoms with Crippen LogP contribution in [-0.4, -0.2) is 11.1 Å². The van der Waals surface area contributed by atoms with Crippen molar-refractivity contribution < 1.29 is 9.90 Å². The molecule has 0 bridgehead atoms. The van der Waals surface area contributed by atoms with E-state index in [4.69, 9.17) is 5.11 Å². The minimum absolute atomic E-state index is 0.224. The number of allylic oxidation sites excluding steroid dienone is 4. The van der Waals surface area contributed by atoms with E-state index in [0.29, 0.717) is 6.42 Å². The first-order chi connectivity index (χ1) is 7.77. The first-order valence-corrected chi connectivity index (χ1v) is 6.30. The molecule has 2 nitrogen and oxygen atoms in total. The SMILES string of the molecule is CCCCCCCC=CC=CCCC(=O)O. The fourth-order valence-electron chi connectivity index (χ4n) is 1.42. The molecule has 0 aliphatic carbocycles. The first-order valence-electron chi connectivity index (χ1n) is 6.30. The lowest BCUT2D eigenvalue weighted by molar-refractivity contribution is -0.136. The van der Waals surface area contributed by atoms with Crippen LogP contribution >= 0.6 is 0 Å². The minimum atomic E-state index is -0.732. The van der Waals surface area contributed by atoms with Crippen LogP contribution in [0.15, 0.2) is 24.3 Å². The standard InChI is InChI=1S/C14H24O2/c1-2-3-4-5-6-7-8-9-10-11-12-13-14(15)16/h8-11H,2-7,12-13H2,1H3,(H,15,16). The molecule has 0 spiro atoms. The molecule has 0 radical (unpaired) electrons. The Hall–Kier alpha value is -1.05. The van der Waals surface area contributed by atoms with Crippen molar-refractivity contribution in [1.82, 2.24) is 0 Å². The predicted octanol–water partition coefficient (Wildman–Crippen LogP) is 4.32. The summed E-state index contributed by atoms with van der Waals surface area (Å²) < 4.78 is 0. The highest BCUT2D eigenvalue weighted by Gasteiger charge is 1.90. The van der Waals surface area contributed by atoms with E-state index in [1.807, 2.05) is 18.2 Å². The maximum Gasteiger partial charge on any atom is 0.303 e. The molecule has 16 heavy (non-hydrogen) atoms. The Balaban J connectivity index is 3.23. The van der Waals surface area contributed by atoms with Gasteiger partial charge in [0.15, 0.2) is 0 Å². The lowest BCUT2D eigenvalue weighted by Crippen LogP contribution is -1.91. The second-order valence-electron chi connectivity index (χ2n) is 3.99. The average Bonchev–Trinajstić information content (AvgIpc) is 2.25. The fourth-order valence-corrected chi connectivity index (χ4v) is 1.42. The Morgan fingerprint density at radius 1 is 1.00 bits per heavy atom. The van der Waals surface area contributed by atoms with E-state index < -0.39 is 5.97 Å². The molecular weight excluding hydrogens is 200 g/mol. The van der Waals surface area contributed by atoms with Gasteiger partial charge in [0, 0.05) is 6.42 Å². The molecule has 0 aromatic heterocycles. The number of carbonyl (C=O) groups is 1. The highest BCUT2D eigenvalue weighted by molar-refractivity contribution is 5.66. The van der Waals surface area contributed by atoms with Crippen molar-refractivity contribution in [2.75, 3.05) is 0 Å². The zero-order valence-electron chi connectivity index (χ0n) is 10.3. The molecule has 2 heteroatoms. The normalized spacial score (nSPS) is 11.6. The molecule has 0 atom stereocenters. The van der Waals surface area contributed by atoms with Crippen molar-refractivity contribution in [3.05, 3.63) is 24.3 Å². The summed E-state index contributed by atoms with van der Waals surface area (Å²) in [6.45, 7) is 2.22. The van der Waals surface area contributed by atoms with Gasteiger partial charge >= 0.3 is 5.97 Å². The molecule has 0 unspecified atom stereocenters. The molecule has 0 aliphatic rings. The van der Waals surface area contributed by atoms with E-state index in [1.165, 1.54) is 32.1 Å². The van der Waals surface area contributed by atoms with Crippen LogP contribution in [0.2, 0.25) is 0 Å². The summed E-state index contributed by atoms with van der Waals surface area (Å²) in [5.41, 5.74) is 0. The van der Waals surface area contributed by atoms with Crippen molar-refractivity contribution >= 4 is 5.97 Å². The van der Waals surface area contributed by atoms with Crippen LogP contribution in [0.1, 0.15) is 58.3 Å². The third-order valence-corrected chi connectivity index (χ3v) is 2.38. The van der Waals surface area contributed by atoms with Gasteiger partial charge in [-0.25, -0.2) is 0 Å². The Morgan fingerprint density at radius 3 is 2.25 bits per heavy atom. The number of hydrogen-bond acceptors (Lipinski definition) is 1. The first kappa shape index (κ1) is 14.9. The van der Waals surface area contributed by atoms with Gasteiger partial charge in [-0.05, 0) is 19.3 Å². The summed E-state index contributed by atoms with van der Waals surface area (Å²) in [6.07, 6.45) is 16.6. The molecule has 0 aromatic carbocycles. The van der Waals surface area contributed by atoms with E-state index in [9.17, 15) is 4.79 Å². The van der Waals surface area contributed by atoms with Gasteiger partial charge in [-0.1, -0.05) is 56.9 Å². The summed E-state index contributed by atoms with van der Waals surface area (Å²) in [6, 6.07) is 0. The molecule has 0 saturated carbocycles. The van der Waals surface area contributed by atoms with E-state index in [1.54, 1.807) is 0 Å². The third kappa shape index (κ3) is 12.9. The largest absolute Gasteiger partial charge is 0.481 e. The highest BCUT2D eigenvalue weighted by atomic mass is 16.4. The van der Waals surface area contributed by atoms with Crippen LogP contribution in [0.25, 0.3) is 0 Å². The topological polar surface area (TPSA) is 37.3 Å². The van der Waals surface area contributed by atoms with Gasteiger partial charge in [-0.15, -0.1) is 0 Å². The number of carboxylic acid groups (broad SMARTS) is 1. The van der Waals surface area contributed by atoms with Gasteiger partial charge < -0.3 is 5.11 Å². The Bertz CT molecular complexity index is 217. The van der Waals surface area contributed by atoms with Crippen molar-refractivity contribution in [2.24, 2.45) is 0 Å². The number of aliphatic carboxylic acids is 1. The van der Waals surface area contributed by atoms with Gasteiger partial charge in [0.1, 0.15) is 0 Å². The molecule has 0 heterocycles. The zero-order valence-corrected chi connectivity index (χ0v) is 10.3. The molecular formula is C14H24O2. The maximum absolute atomic E-state index is 10.2. The Kier molecular flexibility index (Phi) is 11.2. The van der Waals surface area contributed by atoms with E-state index in [0.717, 1.165) is 6.42 Å². The van der Waals surface area contributed by atoms with Crippen LogP contribution in [0.5, 0.6) is 0 Å². The van der Waals surface area contributed by atoms with Gasteiger partial charge in [0.25, 0.3) is 0 Å². The number of rotatable bonds is 10. The van der Waals surface area contributed by atoms with Crippen LogP contribution in [0.4, 0.5) is 0 Å². The number of carboxylic acids is 1. The number of hydrogen-bond donors (Lipinski definition) is 1. The molecule has 0 saturated heterocycles. The van der Waals surface area contributed by atoms with E-state index in [-0.39, 0.29) is 6.42 Å². The molecule has 0 aromatic rings. The molecule has 1 N–H and O–H groups in total. The summed E-state index contributed by atoms with van der Waals surface area (Å²) in [7, 11) is 0. The van der Waals surface area contributed by atoms with Gasteiger partial charge in [0.2, 0.25) is 0 Å². The number of unbranched alkanes of at least 4 members (excludes halogenated alkanes) is 5. The Labute approximate surface area is 99.1 Å². The zero-order chi connectivity index (χ0) is 12.1. The summed E-state index contributed by atoms with van der Waals surface area (Å²) in [4.78, 5) is 10.2. The van der Waals surface area contributed by atoms with Gasteiger partial charge in [-0.2, -0.15) is 0 Å². The lowest BCUT2D eigenvalue weighted by atomic mass is 10.1. The average molecular weight is 224 g/mol. The summed E-state index contributed by atoms with van der Waals surface area (Å²) in [5.74, 6) is -0.732. The fraction of sp³-hybridized carbons (Fsp3) is 0.643.